The number of hydrogen-bond donors (Lipinski definition) is 2. The number of hydrogen-bond acceptors (Lipinski definition) is 3. The highest BCUT2D eigenvalue weighted by atomic mass is 16.3. The fourth-order valence-electron chi connectivity index (χ4n) is 1.90. The van der Waals surface area contributed by atoms with Gasteiger partial charge in [0.2, 0.25) is 5.91 Å². The van der Waals surface area contributed by atoms with Gasteiger partial charge in [-0.15, -0.1) is 0 Å². The van der Waals surface area contributed by atoms with E-state index in [4.69, 9.17) is 10.2 Å². The monoisotopic (exact) mass is 260 g/mol. The van der Waals surface area contributed by atoms with Crippen LogP contribution in [0.1, 0.15) is 32.6 Å². The molecule has 0 bridgehead atoms. The van der Waals surface area contributed by atoms with Crippen LogP contribution in [0.3, 0.4) is 0 Å². The molecular formula is C15H20N2O2. The summed E-state index contributed by atoms with van der Waals surface area (Å²) < 4.78 is 5.72. The van der Waals surface area contributed by atoms with Gasteiger partial charge in [-0.25, -0.2) is 0 Å². The van der Waals surface area contributed by atoms with Gasteiger partial charge in [0.05, 0.1) is 12.1 Å². The average Bonchev–Trinajstić information content (AvgIpc) is 2.81. The van der Waals surface area contributed by atoms with Gasteiger partial charge in [-0.1, -0.05) is 32.0 Å². The Bertz CT molecular complexity index is 541. The van der Waals surface area contributed by atoms with Gasteiger partial charge in [0.1, 0.15) is 11.3 Å². The first kappa shape index (κ1) is 13.6. The molecule has 19 heavy (non-hydrogen) atoms. The van der Waals surface area contributed by atoms with E-state index in [1.54, 1.807) is 0 Å². The van der Waals surface area contributed by atoms with Crippen LogP contribution in [0.2, 0.25) is 0 Å². The van der Waals surface area contributed by atoms with Crippen molar-refractivity contribution in [3.05, 3.63) is 36.1 Å². The second kappa shape index (κ2) is 5.45. The third kappa shape index (κ3) is 2.96. The molecule has 1 unspecified atom stereocenters. The van der Waals surface area contributed by atoms with Gasteiger partial charge in [-0.3, -0.25) is 4.79 Å². The SMILES string of the molecule is CC(NC(=O)[C@@H](N)C(C)C)c1cc2ccccc2o1. The van der Waals surface area contributed by atoms with Crippen LogP contribution in [0.4, 0.5) is 0 Å². The largest absolute Gasteiger partial charge is 0.459 e. The first-order valence-electron chi connectivity index (χ1n) is 6.53. The van der Waals surface area contributed by atoms with E-state index in [9.17, 15) is 4.79 Å². The van der Waals surface area contributed by atoms with E-state index < -0.39 is 6.04 Å². The van der Waals surface area contributed by atoms with E-state index in [0.29, 0.717) is 0 Å². The van der Waals surface area contributed by atoms with Gasteiger partial charge < -0.3 is 15.5 Å². The molecule has 4 heteroatoms. The number of amides is 1. The summed E-state index contributed by atoms with van der Waals surface area (Å²) in [5.41, 5.74) is 6.64. The molecule has 0 aliphatic heterocycles. The first-order valence-corrected chi connectivity index (χ1v) is 6.53. The number of furan rings is 1. The van der Waals surface area contributed by atoms with Crippen LogP contribution >= 0.6 is 0 Å². The Balaban J connectivity index is 2.11. The second-order valence-electron chi connectivity index (χ2n) is 5.19. The van der Waals surface area contributed by atoms with Gasteiger partial charge in [0, 0.05) is 5.39 Å². The molecule has 4 nitrogen and oxygen atoms in total. The quantitative estimate of drug-likeness (QED) is 0.887. The molecule has 2 rings (SSSR count). The van der Waals surface area contributed by atoms with Crippen molar-refractivity contribution < 1.29 is 9.21 Å². The number of carbonyl (C=O) groups excluding carboxylic acids is 1. The van der Waals surface area contributed by atoms with Crippen LogP contribution in [0.25, 0.3) is 11.0 Å². The highest BCUT2D eigenvalue weighted by molar-refractivity contribution is 5.82. The summed E-state index contributed by atoms with van der Waals surface area (Å²) in [7, 11) is 0. The maximum atomic E-state index is 11.9. The van der Waals surface area contributed by atoms with Crippen molar-refractivity contribution in [2.24, 2.45) is 11.7 Å². The minimum atomic E-state index is -0.494. The third-order valence-electron chi connectivity index (χ3n) is 3.25. The summed E-state index contributed by atoms with van der Waals surface area (Å²) in [5.74, 6) is 0.705. The fourth-order valence-corrected chi connectivity index (χ4v) is 1.90. The minimum absolute atomic E-state index is 0.114. The number of nitrogens with one attached hydrogen (secondary N) is 1. The van der Waals surface area contributed by atoms with E-state index in [1.807, 2.05) is 51.1 Å². The number of rotatable bonds is 4. The van der Waals surface area contributed by atoms with Crippen LogP contribution in [0.5, 0.6) is 0 Å². The lowest BCUT2D eigenvalue weighted by molar-refractivity contribution is -0.124. The Hall–Kier alpha value is -1.81. The topological polar surface area (TPSA) is 68.3 Å². The van der Waals surface area contributed by atoms with E-state index in [0.717, 1.165) is 16.7 Å². The van der Waals surface area contributed by atoms with Crippen molar-refractivity contribution in [3.8, 4) is 0 Å². The lowest BCUT2D eigenvalue weighted by Crippen LogP contribution is -2.44. The van der Waals surface area contributed by atoms with Crippen molar-refractivity contribution in [2.75, 3.05) is 0 Å². The number of para-hydroxylation sites is 1. The molecule has 0 saturated heterocycles. The molecule has 0 fully saturated rings. The van der Waals surface area contributed by atoms with Crippen molar-refractivity contribution in [1.29, 1.82) is 0 Å². The summed E-state index contributed by atoms with van der Waals surface area (Å²) >= 11 is 0. The van der Waals surface area contributed by atoms with Crippen molar-refractivity contribution >= 4 is 16.9 Å². The molecule has 0 radical (unpaired) electrons. The molecule has 1 amide bonds. The standard InChI is InChI=1S/C15H20N2O2/c1-9(2)14(16)15(18)17-10(3)13-8-11-6-4-5-7-12(11)19-13/h4-10,14H,16H2,1-3H3,(H,17,18)/t10?,14-/m0/s1. The predicted molar refractivity (Wildman–Crippen MR) is 75.6 cm³/mol. The molecule has 0 spiro atoms. The van der Waals surface area contributed by atoms with E-state index in [-0.39, 0.29) is 17.9 Å². The minimum Gasteiger partial charge on any atom is -0.459 e. The molecule has 1 aromatic carbocycles. The Morgan fingerprint density at radius 2 is 1.95 bits per heavy atom. The molecule has 2 aromatic rings. The van der Waals surface area contributed by atoms with Crippen LogP contribution in [0.15, 0.2) is 34.7 Å². The molecule has 0 aliphatic rings. The highest BCUT2D eigenvalue weighted by Gasteiger charge is 2.20. The number of carbonyl (C=O) groups is 1. The zero-order chi connectivity index (χ0) is 14.0. The molecule has 102 valence electrons. The maximum Gasteiger partial charge on any atom is 0.237 e. The van der Waals surface area contributed by atoms with Crippen molar-refractivity contribution in [1.82, 2.24) is 5.32 Å². The summed E-state index contributed by atoms with van der Waals surface area (Å²) in [6.45, 7) is 5.74. The first-order chi connectivity index (χ1) is 8.99. The summed E-state index contributed by atoms with van der Waals surface area (Å²) in [4.78, 5) is 11.9. The summed E-state index contributed by atoms with van der Waals surface area (Å²) in [5, 5.41) is 3.91. The summed E-state index contributed by atoms with van der Waals surface area (Å²) in [6.07, 6.45) is 0. The Labute approximate surface area is 113 Å². The third-order valence-corrected chi connectivity index (χ3v) is 3.25. The van der Waals surface area contributed by atoms with Gasteiger partial charge in [-0.2, -0.15) is 0 Å². The molecule has 0 aliphatic carbocycles. The second-order valence-corrected chi connectivity index (χ2v) is 5.19. The van der Waals surface area contributed by atoms with E-state index in [1.165, 1.54) is 0 Å². The molecule has 3 N–H and O–H groups in total. The van der Waals surface area contributed by atoms with Crippen LogP contribution in [0, 0.1) is 5.92 Å². The maximum absolute atomic E-state index is 11.9. The van der Waals surface area contributed by atoms with Gasteiger partial charge in [0.25, 0.3) is 0 Å². The summed E-state index contributed by atoms with van der Waals surface area (Å²) in [6, 6.07) is 9.04. The van der Waals surface area contributed by atoms with E-state index in [2.05, 4.69) is 5.32 Å². The zero-order valence-corrected chi connectivity index (χ0v) is 11.5. The molecule has 1 aromatic heterocycles. The fraction of sp³-hybridized carbons (Fsp3) is 0.400. The Morgan fingerprint density at radius 3 is 2.58 bits per heavy atom. The van der Waals surface area contributed by atoms with Crippen LogP contribution in [-0.4, -0.2) is 11.9 Å². The predicted octanol–water partition coefficient (Wildman–Crippen LogP) is 2.59. The smallest absolute Gasteiger partial charge is 0.237 e. The Morgan fingerprint density at radius 1 is 1.26 bits per heavy atom. The molecule has 1 heterocycles. The van der Waals surface area contributed by atoms with Crippen LogP contribution < -0.4 is 11.1 Å². The van der Waals surface area contributed by atoms with E-state index >= 15 is 0 Å². The van der Waals surface area contributed by atoms with Gasteiger partial charge >= 0.3 is 0 Å². The lowest BCUT2D eigenvalue weighted by Gasteiger charge is -2.18. The lowest BCUT2D eigenvalue weighted by atomic mass is 10.0. The Kier molecular flexibility index (Phi) is 3.90. The number of nitrogens with two attached hydrogens (primary N) is 1. The highest BCUT2D eigenvalue weighted by Crippen LogP contribution is 2.23. The number of benzene rings is 1. The van der Waals surface area contributed by atoms with Crippen LogP contribution in [-0.2, 0) is 4.79 Å². The van der Waals surface area contributed by atoms with Gasteiger partial charge in [0.15, 0.2) is 0 Å². The zero-order valence-electron chi connectivity index (χ0n) is 11.5. The molecular weight excluding hydrogens is 240 g/mol. The van der Waals surface area contributed by atoms with Gasteiger partial charge in [-0.05, 0) is 25.0 Å². The molecule has 0 saturated carbocycles. The van der Waals surface area contributed by atoms with Crippen molar-refractivity contribution in [2.45, 2.75) is 32.9 Å². The van der Waals surface area contributed by atoms with Crippen molar-refractivity contribution in [3.63, 3.8) is 0 Å². The number of fused-ring (bicyclic) bond motifs is 1. The normalized spacial score (nSPS) is 14.6. The average molecular weight is 260 g/mol. The molecule has 2 atom stereocenters.